The molecule has 3 rings (SSSR count). The third kappa shape index (κ3) is 6.49. The molecule has 1 heterocycles. The Labute approximate surface area is 208 Å². The van der Waals surface area contributed by atoms with Crippen molar-refractivity contribution in [1.29, 1.82) is 0 Å². The monoisotopic (exact) mass is 500 g/mol. The fraction of sp³-hybridized carbons (Fsp3) is 0.360. The van der Waals surface area contributed by atoms with Crippen LogP contribution < -0.4 is 14.8 Å². The standard InChI is InChI=1S/C25H29FN4O6/c1-25(2,3)36-24(31)27-11-10-21-19(18-12-22(30(32)33)23(35-5)13-20(18)26)14-28-29(21)15-16-6-8-17(34-4)9-7-16/h6-9,12-14H,10-11,15H2,1-5H3,(H,27,31). The van der Waals surface area contributed by atoms with E-state index in [4.69, 9.17) is 14.2 Å². The zero-order valence-corrected chi connectivity index (χ0v) is 20.8. The van der Waals surface area contributed by atoms with Crippen LogP contribution in [0.25, 0.3) is 11.1 Å². The van der Waals surface area contributed by atoms with Crippen LogP contribution in [0, 0.1) is 15.9 Å². The van der Waals surface area contributed by atoms with Gasteiger partial charge in [-0.3, -0.25) is 14.8 Å². The van der Waals surface area contributed by atoms with Gasteiger partial charge in [0.15, 0.2) is 5.75 Å². The smallest absolute Gasteiger partial charge is 0.407 e. The lowest BCUT2D eigenvalue weighted by atomic mass is 10.0. The minimum absolute atomic E-state index is 0.00995. The predicted octanol–water partition coefficient (Wildman–Crippen LogP) is 4.73. The Kier molecular flexibility index (Phi) is 8.13. The SMILES string of the molecule is COc1ccc(Cn2ncc(-c3cc([N+](=O)[O-])c(OC)cc3F)c2CCNC(=O)OC(C)(C)C)cc1. The number of halogens is 1. The van der Waals surface area contributed by atoms with Crippen LogP contribution in [0.1, 0.15) is 32.0 Å². The van der Waals surface area contributed by atoms with Crippen molar-refractivity contribution in [2.24, 2.45) is 0 Å². The average Bonchev–Trinajstić information content (AvgIpc) is 3.19. The van der Waals surface area contributed by atoms with Gasteiger partial charge in [-0.2, -0.15) is 5.10 Å². The molecular weight excluding hydrogens is 471 g/mol. The number of rotatable bonds is 9. The summed E-state index contributed by atoms with van der Waals surface area (Å²) in [6, 6.07) is 9.50. The summed E-state index contributed by atoms with van der Waals surface area (Å²) in [4.78, 5) is 23.0. The molecule has 192 valence electrons. The maximum Gasteiger partial charge on any atom is 0.407 e. The molecule has 0 aliphatic rings. The van der Waals surface area contributed by atoms with E-state index in [1.807, 2.05) is 24.3 Å². The van der Waals surface area contributed by atoms with E-state index in [0.29, 0.717) is 23.6 Å². The molecule has 10 nitrogen and oxygen atoms in total. The molecule has 0 aliphatic carbocycles. The Bertz CT molecular complexity index is 1230. The Hall–Kier alpha value is -4.15. The Morgan fingerprint density at radius 3 is 2.42 bits per heavy atom. The predicted molar refractivity (Wildman–Crippen MR) is 131 cm³/mol. The fourth-order valence-corrected chi connectivity index (χ4v) is 3.59. The summed E-state index contributed by atoms with van der Waals surface area (Å²) in [6.07, 6.45) is 1.14. The lowest BCUT2D eigenvalue weighted by molar-refractivity contribution is -0.385. The zero-order valence-electron chi connectivity index (χ0n) is 20.8. The minimum atomic E-state index is -0.692. The van der Waals surface area contributed by atoms with E-state index in [2.05, 4.69) is 10.4 Å². The second-order valence-electron chi connectivity index (χ2n) is 8.95. The van der Waals surface area contributed by atoms with Gasteiger partial charge >= 0.3 is 11.8 Å². The van der Waals surface area contributed by atoms with Crippen molar-refractivity contribution in [3.63, 3.8) is 0 Å². The molecule has 0 spiro atoms. The van der Waals surface area contributed by atoms with Gasteiger partial charge in [-0.1, -0.05) is 12.1 Å². The van der Waals surface area contributed by atoms with Crippen LogP contribution in [-0.4, -0.2) is 47.2 Å². The number of carbonyl (C=O) groups excluding carboxylic acids is 1. The van der Waals surface area contributed by atoms with Gasteiger partial charge in [0.1, 0.15) is 17.2 Å². The third-order valence-corrected chi connectivity index (χ3v) is 5.23. The number of aromatic nitrogens is 2. The first-order valence-corrected chi connectivity index (χ1v) is 11.2. The Morgan fingerprint density at radius 2 is 1.83 bits per heavy atom. The molecule has 0 fully saturated rings. The summed E-state index contributed by atoms with van der Waals surface area (Å²) in [5.74, 6) is -0.169. The van der Waals surface area contributed by atoms with Crippen LogP contribution >= 0.6 is 0 Å². The van der Waals surface area contributed by atoms with Crippen LogP contribution in [0.5, 0.6) is 11.5 Å². The molecule has 1 aromatic heterocycles. The maximum absolute atomic E-state index is 15.1. The third-order valence-electron chi connectivity index (χ3n) is 5.23. The molecule has 0 aliphatic heterocycles. The second-order valence-corrected chi connectivity index (χ2v) is 8.95. The highest BCUT2D eigenvalue weighted by Crippen LogP contribution is 2.36. The van der Waals surface area contributed by atoms with Crippen molar-refractivity contribution in [2.45, 2.75) is 39.3 Å². The molecule has 0 atom stereocenters. The van der Waals surface area contributed by atoms with Gasteiger partial charge in [-0.05, 0) is 38.5 Å². The van der Waals surface area contributed by atoms with Crippen LogP contribution in [0.2, 0.25) is 0 Å². The number of amides is 1. The van der Waals surface area contributed by atoms with Gasteiger partial charge in [0.2, 0.25) is 0 Å². The highest BCUT2D eigenvalue weighted by atomic mass is 19.1. The summed E-state index contributed by atoms with van der Waals surface area (Å²) in [6.45, 7) is 5.80. The molecule has 0 unspecified atom stereocenters. The highest BCUT2D eigenvalue weighted by molar-refractivity contribution is 5.71. The number of methoxy groups -OCH3 is 2. The van der Waals surface area contributed by atoms with Crippen molar-refractivity contribution in [3.8, 4) is 22.6 Å². The summed E-state index contributed by atoms with van der Waals surface area (Å²) < 4.78 is 32.2. The van der Waals surface area contributed by atoms with E-state index < -0.39 is 22.4 Å². The zero-order chi connectivity index (χ0) is 26.5. The number of carbonyl (C=O) groups is 1. The minimum Gasteiger partial charge on any atom is -0.497 e. The average molecular weight is 501 g/mol. The molecule has 1 amide bonds. The lowest BCUT2D eigenvalue weighted by Gasteiger charge is -2.20. The van der Waals surface area contributed by atoms with Crippen LogP contribution in [0.3, 0.4) is 0 Å². The van der Waals surface area contributed by atoms with E-state index in [1.54, 1.807) is 32.6 Å². The first kappa shape index (κ1) is 26.5. The normalized spacial score (nSPS) is 11.2. The topological polar surface area (TPSA) is 118 Å². The van der Waals surface area contributed by atoms with Gasteiger partial charge in [-0.15, -0.1) is 0 Å². The van der Waals surface area contributed by atoms with Gasteiger partial charge in [0.05, 0.1) is 31.9 Å². The first-order chi connectivity index (χ1) is 17.0. The fourth-order valence-electron chi connectivity index (χ4n) is 3.59. The Morgan fingerprint density at radius 1 is 1.14 bits per heavy atom. The number of hydrogen-bond donors (Lipinski definition) is 1. The Balaban J connectivity index is 1.97. The molecule has 36 heavy (non-hydrogen) atoms. The van der Waals surface area contributed by atoms with E-state index >= 15 is 4.39 Å². The number of nitro groups is 1. The molecule has 0 radical (unpaired) electrons. The van der Waals surface area contributed by atoms with Gasteiger partial charge in [0, 0.05) is 41.9 Å². The number of hydrogen-bond acceptors (Lipinski definition) is 7. The number of nitrogens with one attached hydrogen (secondary N) is 1. The number of benzene rings is 2. The van der Waals surface area contributed by atoms with E-state index in [1.165, 1.54) is 13.3 Å². The number of nitrogens with zero attached hydrogens (tertiary/aromatic N) is 3. The molecule has 2 aromatic carbocycles. The highest BCUT2D eigenvalue weighted by Gasteiger charge is 2.24. The van der Waals surface area contributed by atoms with Crippen LogP contribution in [0.15, 0.2) is 42.6 Å². The summed E-state index contributed by atoms with van der Waals surface area (Å²) >= 11 is 0. The lowest BCUT2D eigenvalue weighted by Crippen LogP contribution is -2.33. The number of ether oxygens (including phenoxy) is 3. The van der Waals surface area contributed by atoms with Crippen molar-refractivity contribution in [2.75, 3.05) is 20.8 Å². The largest absolute Gasteiger partial charge is 0.497 e. The van der Waals surface area contributed by atoms with Crippen molar-refractivity contribution >= 4 is 11.8 Å². The van der Waals surface area contributed by atoms with E-state index in [-0.39, 0.29) is 30.0 Å². The van der Waals surface area contributed by atoms with Crippen molar-refractivity contribution < 1.29 is 28.3 Å². The van der Waals surface area contributed by atoms with Crippen LogP contribution in [-0.2, 0) is 17.7 Å². The number of nitro benzene ring substituents is 1. The summed E-state index contributed by atoms with van der Waals surface area (Å²) in [7, 11) is 2.81. The van der Waals surface area contributed by atoms with Gasteiger partial charge < -0.3 is 19.5 Å². The summed E-state index contributed by atoms with van der Waals surface area (Å²) in [5.41, 5.74) is 0.854. The first-order valence-electron chi connectivity index (χ1n) is 11.2. The maximum atomic E-state index is 15.1. The van der Waals surface area contributed by atoms with Gasteiger partial charge in [-0.25, -0.2) is 9.18 Å². The van der Waals surface area contributed by atoms with Crippen molar-refractivity contribution in [1.82, 2.24) is 15.1 Å². The molecule has 0 bridgehead atoms. The molecule has 0 saturated heterocycles. The van der Waals surface area contributed by atoms with Crippen molar-refractivity contribution in [3.05, 3.63) is 69.8 Å². The molecule has 0 saturated carbocycles. The molecule has 1 N–H and O–H groups in total. The quantitative estimate of drug-likeness (QED) is 0.333. The summed E-state index contributed by atoms with van der Waals surface area (Å²) in [5, 5.41) is 18.6. The van der Waals surface area contributed by atoms with Gasteiger partial charge in [0.25, 0.3) is 0 Å². The molecular formula is C25H29FN4O6. The number of alkyl carbamates (subject to hydrolysis) is 1. The molecule has 11 heteroatoms. The van der Waals surface area contributed by atoms with E-state index in [0.717, 1.165) is 17.7 Å². The van der Waals surface area contributed by atoms with E-state index in [9.17, 15) is 14.9 Å². The second kappa shape index (κ2) is 11.1. The van der Waals surface area contributed by atoms with Crippen LogP contribution in [0.4, 0.5) is 14.9 Å². The molecule has 3 aromatic rings.